The molecule has 2 heterocycles. The van der Waals surface area contributed by atoms with Crippen LogP contribution in [0, 0.1) is 0 Å². The molecular formula is C22H41NO9. The van der Waals surface area contributed by atoms with Crippen molar-refractivity contribution >= 4 is 5.91 Å². The molecule has 1 amide bonds. The molecule has 0 bridgehead atoms. The molecule has 0 aromatic heterocycles. The predicted octanol–water partition coefficient (Wildman–Crippen LogP) is 0.109. The van der Waals surface area contributed by atoms with Crippen molar-refractivity contribution in [3.8, 4) is 0 Å². The molecule has 0 spiro atoms. The Bertz CT molecular complexity index is 510. The first-order valence-electron chi connectivity index (χ1n) is 11.9. The molecule has 2 aliphatic heterocycles. The lowest BCUT2D eigenvalue weighted by Crippen LogP contribution is -2.51. The van der Waals surface area contributed by atoms with Crippen LogP contribution in [0.1, 0.15) is 51.9 Å². The molecule has 0 aliphatic carbocycles. The van der Waals surface area contributed by atoms with Crippen molar-refractivity contribution in [2.24, 2.45) is 0 Å². The van der Waals surface area contributed by atoms with Crippen molar-refractivity contribution in [3.05, 3.63) is 0 Å². The average molecular weight is 464 g/mol. The first-order chi connectivity index (χ1) is 15.5. The fraction of sp³-hybridized carbons (Fsp3) is 0.955. The number of fused-ring (bicyclic) bond motifs is 1. The van der Waals surface area contributed by atoms with Crippen LogP contribution in [0.25, 0.3) is 0 Å². The number of rotatable bonds is 16. The van der Waals surface area contributed by atoms with E-state index in [1.165, 1.54) is 0 Å². The third-order valence-electron chi connectivity index (χ3n) is 5.66. The Labute approximate surface area is 190 Å². The second-order valence-corrected chi connectivity index (χ2v) is 8.24. The minimum Gasteiger partial charge on any atom is -0.390 e. The summed E-state index contributed by atoms with van der Waals surface area (Å²) in [5, 5.41) is 33.2. The highest BCUT2D eigenvalue weighted by Gasteiger charge is 2.39. The number of carbonyl (C=O) groups is 1. The Morgan fingerprint density at radius 3 is 2.69 bits per heavy atom. The lowest BCUT2D eigenvalue weighted by Gasteiger charge is -2.41. The van der Waals surface area contributed by atoms with Gasteiger partial charge in [-0.15, -0.1) is 0 Å². The van der Waals surface area contributed by atoms with Crippen LogP contribution in [0.15, 0.2) is 0 Å². The zero-order valence-electron chi connectivity index (χ0n) is 19.2. The highest BCUT2D eigenvalue weighted by Crippen LogP contribution is 2.29. The molecule has 4 N–H and O–H groups in total. The monoisotopic (exact) mass is 463 g/mol. The molecule has 0 saturated carbocycles. The Morgan fingerprint density at radius 2 is 1.88 bits per heavy atom. The second-order valence-electron chi connectivity index (χ2n) is 8.24. The van der Waals surface area contributed by atoms with E-state index in [0.29, 0.717) is 58.8 Å². The Morgan fingerprint density at radius 1 is 1.09 bits per heavy atom. The number of ether oxygens (including phenoxy) is 5. The summed E-state index contributed by atoms with van der Waals surface area (Å²) in [6, 6.07) is 0. The molecule has 10 nitrogen and oxygen atoms in total. The summed E-state index contributed by atoms with van der Waals surface area (Å²) in [7, 11) is 0. The third kappa shape index (κ3) is 10.4. The SMILES string of the molecule is CCOCCOCCNC(=O)CCC[C@@H](O)[C@@H](O)CCOC1OC2CCCOC2CC1O. The van der Waals surface area contributed by atoms with Gasteiger partial charge in [-0.25, -0.2) is 0 Å². The van der Waals surface area contributed by atoms with Crippen molar-refractivity contribution in [3.63, 3.8) is 0 Å². The van der Waals surface area contributed by atoms with Gasteiger partial charge in [-0.1, -0.05) is 0 Å². The summed E-state index contributed by atoms with van der Waals surface area (Å²) < 4.78 is 27.5. The number of aliphatic hydroxyl groups is 3. The first-order valence-corrected chi connectivity index (χ1v) is 11.9. The number of nitrogens with one attached hydrogen (secondary N) is 1. The normalized spacial score (nSPS) is 27.5. The molecule has 2 aliphatic rings. The zero-order chi connectivity index (χ0) is 23.2. The predicted molar refractivity (Wildman–Crippen MR) is 115 cm³/mol. The van der Waals surface area contributed by atoms with Crippen LogP contribution >= 0.6 is 0 Å². The van der Waals surface area contributed by atoms with Crippen LogP contribution in [0.5, 0.6) is 0 Å². The topological polar surface area (TPSA) is 136 Å². The number of hydrogen-bond donors (Lipinski definition) is 4. The van der Waals surface area contributed by atoms with Crippen LogP contribution in [0.4, 0.5) is 0 Å². The molecule has 2 saturated heterocycles. The summed E-state index contributed by atoms with van der Waals surface area (Å²) >= 11 is 0. The molecule has 2 fully saturated rings. The molecule has 0 aromatic rings. The van der Waals surface area contributed by atoms with Gasteiger partial charge in [0.25, 0.3) is 0 Å². The van der Waals surface area contributed by atoms with Crippen molar-refractivity contribution in [2.45, 2.75) is 88.7 Å². The third-order valence-corrected chi connectivity index (χ3v) is 5.66. The van der Waals surface area contributed by atoms with Crippen LogP contribution in [-0.2, 0) is 28.5 Å². The van der Waals surface area contributed by atoms with Crippen LogP contribution in [0.2, 0.25) is 0 Å². The van der Waals surface area contributed by atoms with E-state index in [9.17, 15) is 20.1 Å². The van der Waals surface area contributed by atoms with Crippen molar-refractivity contribution in [2.75, 3.05) is 46.2 Å². The van der Waals surface area contributed by atoms with Gasteiger partial charge in [-0.3, -0.25) is 4.79 Å². The minimum absolute atomic E-state index is 0.0690. The minimum atomic E-state index is -0.969. The van der Waals surface area contributed by atoms with Gasteiger partial charge in [-0.2, -0.15) is 0 Å². The summed E-state index contributed by atoms with van der Waals surface area (Å²) in [6.07, 6.45) is -0.0485. The molecule has 188 valence electrons. The highest BCUT2D eigenvalue weighted by atomic mass is 16.7. The van der Waals surface area contributed by atoms with Crippen LogP contribution in [-0.4, -0.2) is 104 Å². The Balaban J connectivity index is 1.49. The number of amides is 1. The molecule has 10 heteroatoms. The maximum Gasteiger partial charge on any atom is 0.220 e. The van der Waals surface area contributed by atoms with Gasteiger partial charge in [0.2, 0.25) is 5.91 Å². The highest BCUT2D eigenvalue weighted by molar-refractivity contribution is 5.75. The number of hydrogen-bond acceptors (Lipinski definition) is 9. The van der Waals surface area contributed by atoms with E-state index in [-0.39, 0.29) is 37.6 Å². The smallest absolute Gasteiger partial charge is 0.220 e. The molecule has 6 atom stereocenters. The summed E-state index contributed by atoms with van der Waals surface area (Å²) in [5.41, 5.74) is 0. The largest absolute Gasteiger partial charge is 0.390 e. The summed E-state index contributed by atoms with van der Waals surface area (Å²) in [4.78, 5) is 11.8. The van der Waals surface area contributed by atoms with Crippen molar-refractivity contribution in [1.29, 1.82) is 0 Å². The van der Waals surface area contributed by atoms with E-state index in [1.807, 2.05) is 6.92 Å². The van der Waals surface area contributed by atoms with Crippen LogP contribution in [0.3, 0.4) is 0 Å². The molecule has 32 heavy (non-hydrogen) atoms. The molecular weight excluding hydrogens is 422 g/mol. The van der Waals surface area contributed by atoms with Crippen molar-refractivity contribution in [1.82, 2.24) is 5.32 Å². The van der Waals surface area contributed by atoms with Gasteiger partial charge < -0.3 is 44.3 Å². The molecule has 4 unspecified atom stereocenters. The fourth-order valence-corrected chi connectivity index (χ4v) is 3.83. The van der Waals surface area contributed by atoms with Crippen molar-refractivity contribution < 1.29 is 43.8 Å². The first kappa shape index (κ1) is 27.4. The van der Waals surface area contributed by atoms with E-state index in [4.69, 9.17) is 23.7 Å². The maximum atomic E-state index is 11.8. The van der Waals surface area contributed by atoms with Gasteiger partial charge in [0, 0.05) is 32.6 Å². The van der Waals surface area contributed by atoms with Crippen LogP contribution < -0.4 is 5.32 Å². The standard InChI is InChI=1S/C22H41NO9/c1-2-28-13-14-29-12-9-23-21(27)7-3-5-16(24)17(25)8-11-31-22-18(26)15-20-19(32-22)6-4-10-30-20/h16-20,22,24-26H,2-15H2,1H3,(H,23,27)/t16-,17+,18?,19?,20?,22?/m1/s1. The zero-order valence-corrected chi connectivity index (χ0v) is 19.2. The molecule has 2 rings (SSSR count). The second kappa shape index (κ2) is 15.9. The van der Waals surface area contributed by atoms with E-state index < -0.39 is 24.6 Å². The average Bonchev–Trinajstić information content (AvgIpc) is 2.78. The molecule has 0 aromatic carbocycles. The Hall–Kier alpha value is -0.850. The maximum absolute atomic E-state index is 11.8. The van der Waals surface area contributed by atoms with Gasteiger partial charge in [0.15, 0.2) is 6.29 Å². The fourth-order valence-electron chi connectivity index (χ4n) is 3.83. The summed E-state index contributed by atoms with van der Waals surface area (Å²) in [6.45, 7) is 5.31. The summed E-state index contributed by atoms with van der Waals surface area (Å²) in [5.74, 6) is -0.114. The van der Waals surface area contributed by atoms with Gasteiger partial charge in [-0.05, 0) is 39.0 Å². The quantitative estimate of drug-likeness (QED) is 0.235. The number of carbonyl (C=O) groups excluding carboxylic acids is 1. The van der Waals surface area contributed by atoms with Gasteiger partial charge >= 0.3 is 0 Å². The lowest BCUT2D eigenvalue weighted by molar-refractivity contribution is -0.281. The lowest BCUT2D eigenvalue weighted by atomic mass is 9.97. The van der Waals surface area contributed by atoms with E-state index >= 15 is 0 Å². The van der Waals surface area contributed by atoms with Gasteiger partial charge in [0.05, 0.1) is 50.8 Å². The van der Waals surface area contributed by atoms with Gasteiger partial charge in [0.1, 0.15) is 6.10 Å². The van der Waals surface area contributed by atoms with E-state index in [1.54, 1.807) is 0 Å². The number of aliphatic hydroxyl groups excluding tert-OH is 3. The Kier molecular flexibility index (Phi) is 13.6. The van der Waals surface area contributed by atoms with E-state index in [0.717, 1.165) is 12.8 Å². The van der Waals surface area contributed by atoms with E-state index in [2.05, 4.69) is 5.32 Å². The molecule has 0 radical (unpaired) electrons.